The van der Waals surface area contributed by atoms with Crippen molar-refractivity contribution in [3.05, 3.63) is 83.4 Å². The number of anilines is 1. The van der Waals surface area contributed by atoms with Crippen LogP contribution < -0.4 is 10.1 Å². The second kappa shape index (κ2) is 8.31. The van der Waals surface area contributed by atoms with Crippen molar-refractivity contribution >= 4 is 5.69 Å². The van der Waals surface area contributed by atoms with Crippen molar-refractivity contribution < 1.29 is 22.3 Å². The van der Waals surface area contributed by atoms with Gasteiger partial charge in [-0.3, -0.25) is 0 Å². The summed E-state index contributed by atoms with van der Waals surface area (Å²) < 4.78 is 55.6. The first-order valence-corrected chi connectivity index (χ1v) is 9.71. The average Bonchev–Trinajstić information content (AvgIpc) is 2.78. The summed E-state index contributed by atoms with van der Waals surface area (Å²) in [5, 5.41) is 12.6. The summed E-state index contributed by atoms with van der Waals surface area (Å²) in [6.07, 6.45) is -7.05. The van der Waals surface area contributed by atoms with E-state index in [0.717, 1.165) is 28.8 Å². The van der Waals surface area contributed by atoms with Gasteiger partial charge in [0.2, 0.25) is 0 Å². The predicted octanol–water partition coefficient (Wildman–Crippen LogP) is 6.56. The van der Waals surface area contributed by atoms with E-state index in [9.17, 15) is 22.8 Å². The Bertz CT molecular complexity index is 1140. The molecule has 0 fully saturated rings. The van der Waals surface area contributed by atoms with Gasteiger partial charge in [0.25, 0.3) is 0 Å². The van der Waals surface area contributed by atoms with E-state index in [1.54, 1.807) is 12.1 Å². The van der Waals surface area contributed by atoms with Crippen LogP contribution in [0.25, 0.3) is 11.1 Å². The highest BCUT2D eigenvalue weighted by Gasteiger charge is 2.44. The van der Waals surface area contributed by atoms with E-state index < -0.39 is 12.5 Å². The third-order valence-corrected chi connectivity index (χ3v) is 5.26. The summed E-state index contributed by atoms with van der Waals surface area (Å²) in [7, 11) is 0. The van der Waals surface area contributed by atoms with Crippen molar-refractivity contribution in [2.24, 2.45) is 0 Å². The summed E-state index contributed by atoms with van der Waals surface area (Å²) in [4.78, 5) is 0. The van der Waals surface area contributed by atoms with E-state index in [1.165, 1.54) is 18.2 Å². The molecule has 3 aromatic carbocycles. The highest BCUT2D eigenvalue weighted by Crippen LogP contribution is 2.39. The lowest BCUT2D eigenvalue weighted by molar-refractivity contribution is -0.253. The van der Waals surface area contributed by atoms with Crippen LogP contribution in [0, 0.1) is 11.3 Å². The Morgan fingerprint density at radius 1 is 1.03 bits per heavy atom. The molecular weight excluding hydrogens is 408 g/mol. The number of hydrogen-bond donors (Lipinski definition) is 1. The van der Waals surface area contributed by atoms with Crippen LogP contribution in [0.3, 0.4) is 0 Å². The van der Waals surface area contributed by atoms with Crippen molar-refractivity contribution in [2.75, 3.05) is 5.32 Å². The maximum absolute atomic E-state index is 13.3. The third kappa shape index (κ3) is 4.33. The van der Waals surface area contributed by atoms with Crippen LogP contribution in [0.5, 0.6) is 5.75 Å². The van der Waals surface area contributed by atoms with Crippen LogP contribution in [-0.4, -0.2) is 12.5 Å². The number of hydrogen-bond acceptors (Lipinski definition) is 3. The smallest absolute Gasteiger partial charge is 0.428 e. The molecule has 31 heavy (non-hydrogen) atoms. The average molecular weight is 426 g/mol. The molecule has 0 aromatic heterocycles. The van der Waals surface area contributed by atoms with Crippen molar-refractivity contribution in [3.8, 4) is 22.9 Å². The minimum absolute atomic E-state index is 0.183. The van der Waals surface area contributed by atoms with Crippen molar-refractivity contribution in [1.29, 1.82) is 5.26 Å². The van der Waals surface area contributed by atoms with Crippen LogP contribution in [0.4, 0.5) is 23.2 Å². The van der Waals surface area contributed by atoms with E-state index in [-0.39, 0.29) is 11.8 Å². The number of ether oxygens (including phenoxy) is 1. The first-order chi connectivity index (χ1) is 14.9. The number of nitriles is 1. The van der Waals surface area contributed by atoms with Gasteiger partial charge in [-0.2, -0.15) is 22.8 Å². The van der Waals surface area contributed by atoms with Crippen LogP contribution in [0.1, 0.15) is 29.2 Å². The molecule has 0 radical (unpaired) electrons. The predicted molar refractivity (Wildman–Crippen MR) is 109 cm³/mol. The van der Waals surface area contributed by atoms with E-state index in [0.29, 0.717) is 17.5 Å². The van der Waals surface area contributed by atoms with Gasteiger partial charge in [0.05, 0.1) is 17.7 Å². The molecule has 0 spiro atoms. The van der Waals surface area contributed by atoms with Crippen LogP contribution in [0.15, 0.2) is 66.7 Å². The fourth-order valence-electron chi connectivity index (χ4n) is 3.81. The van der Waals surface area contributed by atoms with Gasteiger partial charge in [0.15, 0.2) is 0 Å². The van der Waals surface area contributed by atoms with Gasteiger partial charge in [0, 0.05) is 5.69 Å². The molecule has 3 aromatic rings. The standard InChI is InChI=1S/C24H18F4N2O/c25-23(26)24(27,28)31-18-7-2-6-17(13-18)21-11-10-20-19(8-3-9-22(20)30-21)16-5-1-4-15(12-16)14-29/h1-9,12-13,21,23,30H,10-11H2. The van der Waals surface area contributed by atoms with Crippen LogP contribution in [-0.2, 0) is 6.42 Å². The molecule has 0 saturated heterocycles. The third-order valence-electron chi connectivity index (χ3n) is 5.26. The number of benzene rings is 3. The molecule has 1 atom stereocenters. The van der Waals surface area contributed by atoms with Crippen LogP contribution >= 0.6 is 0 Å². The molecule has 1 aliphatic rings. The minimum Gasteiger partial charge on any atom is -0.428 e. The Morgan fingerprint density at radius 2 is 1.81 bits per heavy atom. The van der Waals surface area contributed by atoms with E-state index in [1.807, 2.05) is 36.4 Å². The second-order valence-electron chi connectivity index (χ2n) is 7.30. The first-order valence-electron chi connectivity index (χ1n) is 9.71. The molecule has 1 unspecified atom stereocenters. The summed E-state index contributed by atoms with van der Waals surface area (Å²) in [5.41, 5.74) is 5.22. The monoisotopic (exact) mass is 426 g/mol. The summed E-state index contributed by atoms with van der Waals surface area (Å²) >= 11 is 0. The topological polar surface area (TPSA) is 45.0 Å². The minimum atomic E-state index is -4.54. The SMILES string of the molecule is N#Cc1cccc(-c2cccc3c2CCC(c2cccc(OC(F)(F)C(F)F)c2)N3)c1. The number of nitrogens with one attached hydrogen (secondary N) is 1. The molecule has 1 N–H and O–H groups in total. The molecular formula is C24H18F4N2O. The lowest BCUT2D eigenvalue weighted by Crippen LogP contribution is -2.33. The van der Waals surface area contributed by atoms with E-state index in [4.69, 9.17) is 0 Å². The fourth-order valence-corrected chi connectivity index (χ4v) is 3.81. The summed E-state index contributed by atoms with van der Waals surface area (Å²) in [6, 6.07) is 21.0. The molecule has 1 heterocycles. The lowest BCUT2D eigenvalue weighted by Gasteiger charge is -2.29. The fraction of sp³-hybridized carbons (Fsp3) is 0.208. The summed E-state index contributed by atoms with van der Waals surface area (Å²) in [6.45, 7) is 0. The highest BCUT2D eigenvalue weighted by molar-refractivity contribution is 5.76. The van der Waals surface area contributed by atoms with Gasteiger partial charge in [-0.25, -0.2) is 0 Å². The molecule has 0 saturated carbocycles. The number of fused-ring (bicyclic) bond motifs is 1. The Hall–Kier alpha value is -3.53. The molecule has 0 aliphatic carbocycles. The number of nitrogens with zero attached hydrogens (tertiary/aromatic N) is 1. The van der Waals surface area contributed by atoms with Gasteiger partial charge in [-0.15, -0.1) is 0 Å². The van der Waals surface area contributed by atoms with Gasteiger partial charge < -0.3 is 10.1 Å². The Labute approximate surface area is 176 Å². The van der Waals surface area contributed by atoms with Gasteiger partial charge in [-0.1, -0.05) is 36.4 Å². The second-order valence-corrected chi connectivity index (χ2v) is 7.30. The van der Waals surface area contributed by atoms with E-state index in [2.05, 4.69) is 16.1 Å². The molecule has 0 amide bonds. The van der Waals surface area contributed by atoms with Crippen molar-refractivity contribution in [1.82, 2.24) is 0 Å². The number of halogens is 4. The van der Waals surface area contributed by atoms with Gasteiger partial charge >= 0.3 is 12.5 Å². The normalized spacial score (nSPS) is 15.7. The molecule has 0 bridgehead atoms. The Balaban J connectivity index is 1.59. The first kappa shape index (κ1) is 20.7. The maximum atomic E-state index is 13.3. The maximum Gasteiger partial charge on any atom is 0.461 e. The van der Waals surface area contributed by atoms with Crippen molar-refractivity contribution in [3.63, 3.8) is 0 Å². The van der Waals surface area contributed by atoms with E-state index >= 15 is 0 Å². The molecule has 158 valence electrons. The highest BCUT2D eigenvalue weighted by atomic mass is 19.3. The van der Waals surface area contributed by atoms with Crippen LogP contribution in [0.2, 0.25) is 0 Å². The molecule has 1 aliphatic heterocycles. The van der Waals surface area contributed by atoms with Gasteiger partial charge in [0.1, 0.15) is 5.75 Å². The molecule has 3 nitrogen and oxygen atoms in total. The largest absolute Gasteiger partial charge is 0.461 e. The Kier molecular flexibility index (Phi) is 5.55. The van der Waals surface area contributed by atoms with Gasteiger partial charge in [-0.05, 0) is 65.4 Å². The lowest BCUT2D eigenvalue weighted by atomic mass is 9.88. The quantitative estimate of drug-likeness (QED) is 0.470. The number of alkyl halides is 4. The Morgan fingerprint density at radius 3 is 2.58 bits per heavy atom. The molecule has 7 heteroatoms. The molecule has 4 rings (SSSR count). The van der Waals surface area contributed by atoms with Crippen molar-refractivity contribution in [2.45, 2.75) is 31.4 Å². The zero-order chi connectivity index (χ0) is 22.0. The zero-order valence-electron chi connectivity index (χ0n) is 16.3. The summed E-state index contributed by atoms with van der Waals surface area (Å²) in [5.74, 6) is -0.308. The number of rotatable bonds is 5. The zero-order valence-corrected chi connectivity index (χ0v) is 16.3.